The monoisotopic (exact) mass is 424 g/mol. The first-order chi connectivity index (χ1) is 13.9. The highest BCUT2D eigenvalue weighted by Gasteiger charge is 2.34. The number of hydrogen-bond acceptors (Lipinski definition) is 7. The summed E-state index contributed by atoms with van der Waals surface area (Å²) >= 11 is 0. The third kappa shape index (κ3) is 5.02. The minimum atomic E-state index is -2.90. The Balaban J connectivity index is 1.62. The van der Waals surface area contributed by atoms with Gasteiger partial charge < -0.3 is 19.1 Å². The molecular weight excluding hydrogens is 396 g/mol. The van der Waals surface area contributed by atoms with Crippen LogP contribution in [0.2, 0.25) is 0 Å². The van der Waals surface area contributed by atoms with Crippen molar-refractivity contribution in [3.05, 3.63) is 23.8 Å². The molecule has 160 valence electrons. The number of carbonyl (C=O) groups is 1. The van der Waals surface area contributed by atoms with Gasteiger partial charge in [-0.1, -0.05) is 0 Å². The van der Waals surface area contributed by atoms with Crippen molar-refractivity contribution >= 4 is 21.8 Å². The summed E-state index contributed by atoms with van der Waals surface area (Å²) in [6.45, 7) is 2.56. The Morgan fingerprint density at radius 1 is 1.00 bits per heavy atom. The van der Waals surface area contributed by atoms with E-state index in [9.17, 15) is 13.2 Å². The van der Waals surface area contributed by atoms with Crippen LogP contribution in [0.4, 0.5) is 0 Å². The van der Waals surface area contributed by atoms with Crippen LogP contribution in [0.25, 0.3) is 6.08 Å². The molecular formula is C20H28N2O6S. The van der Waals surface area contributed by atoms with Crippen molar-refractivity contribution in [3.63, 3.8) is 0 Å². The predicted octanol–water partition coefficient (Wildman–Crippen LogP) is 1.06. The lowest BCUT2D eigenvalue weighted by Gasteiger charge is -2.37. The summed E-state index contributed by atoms with van der Waals surface area (Å²) in [4.78, 5) is 16.6. The second-order valence-corrected chi connectivity index (χ2v) is 9.43. The summed E-state index contributed by atoms with van der Waals surface area (Å²) in [6.07, 6.45) is 3.92. The molecule has 8 nitrogen and oxygen atoms in total. The van der Waals surface area contributed by atoms with Gasteiger partial charge in [-0.25, -0.2) is 8.42 Å². The van der Waals surface area contributed by atoms with Gasteiger partial charge in [0.05, 0.1) is 32.8 Å². The summed E-state index contributed by atoms with van der Waals surface area (Å²) in [5.74, 6) is 2.12. The number of piperazine rings is 1. The number of methoxy groups -OCH3 is 3. The highest BCUT2D eigenvalue weighted by molar-refractivity contribution is 7.91. The van der Waals surface area contributed by atoms with E-state index in [1.165, 1.54) is 6.08 Å². The molecule has 2 aliphatic rings. The van der Waals surface area contributed by atoms with E-state index >= 15 is 0 Å². The number of hydrogen-bond donors (Lipinski definition) is 0. The van der Waals surface area contributed by atoms with Crippen LogP contribution in [-0.2, 0) is 14.6 Å². The highest BCUT2D eigenvalue weighted by Crippen LogP contribution is 2.35. The second-order valence-electron chi connectivity index (χ2n) is 7.20. The molecule has 1 aromatic carbocycles. The molecule has 0 unspecified atom stereocenters. The van der Waals surface area contributed by atoms with Crippen molar-refractivity contribution in [3.8, 4) is 17.2 Å². The van der Waals surface area contributed by atoms with Crippen molar-refractivity contribution in [2.75, 3.05) is 59.0 Å². The summed E-state index contributed by atoms with van der Waals surface area (Å²) in [6, 6.07) is 3.57. The summed E-state index contributed by atoms with van der Waals surface area (Å²) in [5.41, 5.74) is 0.716. The van der Waals surface area contributed by atoms with Gasteiger partial charge in [0.1, 0.15) is 5.75 Å². The standard InChI is InChI=1S/C20H28N2O6S/c1-26-17-13-19(28-3)18(27-2)12-15(17)4-5-20(23)22-9-7-21(8-10-22)16-6-11-29(24,25)14-16/h4-5,12-13,16H,6-11,14H2,1-3H3/b5-4+/t16-/m0/s1. The third-order valence-electron chi connectivity index (χ3n) is 5.49. The Hall–Kier alpha value is -2.26. The number of nitrogens with zero attached hydrogens (tertiary/aromatic N) is 2. The van der Waals surface area contributed by atoms with Gasteiger partial charge in [-0.05, 0) is 18.6 Å². The van der Waals surface area contributed by atoms with E-state index in [0.717, 1.165) is 0 Å². The van der Waals surface area contributed by atoms with Crippen LogP contribution in [0.1, 0.15) is 12.0 Å². The van der Waals surface area contributed by atoms with Crippen molar-refractivity contribution in [2.45, 2.75) is 12.5 Å². The zero-order valence-corrected chi connectivity index (χ0v) is 17.9. The fourth-order valence-corrected chi connectivity index (χ4v) is 5.58. The highest BCUT2D eigenvalue weighted by atomic mass is 32.2. The first kappa shape index (κ1) is 21.4. The molecule has 2 heterocycles. The Morgan fingerprint density at radius 2 is 1.62 bits per heavy atom. The number of rotatable bonds is 6. The number of carbonyl (C=O) groups excluding carboxylic acids is 1. The van der Waals surface area contributed by atoms with Gasteiger partial charge >= 0.3 is 0 Å². The van der Waals surface area contributed by atoms with E-state index < -0.39 is 9.84 Å². The molecule has 0 spiro atoms. The normalized spacial score (nSPS) is 22.0. The first-order valence-electron chi connectivity index (χ1n) is 9.58. The van der Waals surface area contributed by atoms with Crippen LogP contribution in [-0.4, -0.2) is 89.2 Å². The lowest BCUT2D eigenvalue weighted by Crippen LogP contribution is -2.52. The molecule has 1 amide bonds. The summed E-state index contributed by atoms with van der Waals surface area (Å²) < 4.78 is 39.3. The SMILES string of the molecule is COc1cc(OC)c(OC)cc1/C=C/C(=O)N1CCN([C@H]2CCS(=O)(=O)C2)CC1. The quantitative estimate of drug-likeness (QED) is 0.631. The Morgan fingerprint density at radius 3 is 2.17 bits per heavy atom. The maximum absolute atomic E-state index is 12.6. The minimum Gasteiger partial charge on any atom is -0.496 e. The van der Waals surface area contributed by atoms with Crippen LogP contribution >= 0.6 is 0 Å². The first-order valence-corrected chi connectivity index (χ1v) is 11.4. The Kier molecular flexibility index (Phi) is 6.69. The number of amides is 1. The van der Waals surface area contributed by atoms with Gasteiger partial charge in [0.2, 0.25) is 5.91 Å². The van der Waals surface area contributed by atoms with Crippen molar-refractivity contribution in [1.29, 1.82) is 0 Å². The molecule has 0 bridgehead atoms. The number of sulfone groups is 1. The molecule has 2 aliphatic heterocycles. The van der Waals surface area contributed by atoms with Crippen LogP contribution in [0.15, 0.2) is 18.2 Å². The molecule has 0 N–H and O–H groups in total. The Bertz CT molecular complexity index is 875. The zero-order chi connectivity index (χ0) is 21.0. The van der Waals surface area contributed by atoms with E-state index in [-0.39, 0.29) is 23.5 Å². The fourth-order valence-electron chi connectivity index (χ4n) is 3.82. The smallest absolute Gasteiger partial charge is 0.246 e. The molecule has 2 saturated heterocycles. The lowest BCUT2D eigenvalue weighted by molar-refractivity contribution is -0.127. The molecule has 1 atom stereocenters. The van der Waals surface area contributed by atoms with Crippen molar-refractivity contribution in [2.24, 2.45) is 0 Å². The third-order valence-corrected chi connectivity index (χ3v) is 7.24. The molecule has 2 fully saturated rings. The van der Waals surface area contributed by atoms with Gasteiger partial charge in [0.25, 0.3) is 0 Å². The lowest BCUT2D eigenvalue weighted by atomic mass is 10.1. The molecule has 3 rings (SSSR count). The predicted molar refractivity (Wildman–Crippen MR) is 110 cm³/mol. The van der Waals surface area contributed by atoms with Gasteiger partial charge in [-0.3, -0.25) is 9.69 Å². The topological polar surface area (TPSA) is 85.4 Å². The molecule has 9 heteroatoms. The molecule has 1 aromatic rings. The minimum absolute atomic E-state index is 0.0828. The maximum atomic E-state index is 12.6. The van der Waals surface area contributed by atoms with Crippen molar-refractivity contribution in [1.82, 2.24) is 9.80 Å². The van der Waals surface area contributed by atoms with E-state index in [0.29, 0.717) is 55.4 Å². The molecule has 0 radical (unpaired) electrons. The summed E-state index contributed by atoms with van der Waals surface area (Å²) in [7, 11) is 1.77. The summed E-state index contributed by atoms with van der Waals surface area (Å²) in [5, 5.41) is 0. The van der Waals surface area contributed by atoms with Crippen LogP contribution in [0, 0.1) is 0 Å². The number of benzene rings is 1. The van der Waals surface area contributed by atoms with Gasteiger partial charge in [0.15, 0.2) is 21.3 Å². The fraction of sp³-hybridized carbons (Fsp3) is 0.550. The van der Waals surface area contributed by atoms with Gasteiger partial charge in [-0.2, -0.15) is 0 Å². The van der Waals surface area contributed by atoms with Crippen LogP contribution < -0.4 is 14.2 Å². The largest absolute Gasteiger partial charge is 0.496 e. The zero-order valence-electron chi connectivity index (χ0n) is 17.1. The molecule has 0 aromatic heterocycles. The Labute approximate surface area is 171 Å². The molecule has 0 saturated carbocycles. The second kappa shape index (κ2) is 9.04. The van der Waals surface area contributed by atoms with Crippen LogP contribution in [0.3, 0.4) is 0 Å². The van der Waals surface area contributed by atoms with Crippen LogP contribution in [0.5, 0.6) is 17.2 Å². The van der Waals surface area contributed by atoms with E-state index in [2.05, 4.69) is 4.90 Å². The van der Waals surface area contributed by atoms with E-state index in [1.807, 2.05) is 0 Å². The van der Waals surface area contributed by atoms with E-state index in [1.54, 1.807) is 44.4 Å². The van der Waals surface area contributed by atoms with Crippen molar-refractivity contribution < 1.29 is 27.4 Å². The average molecular weight is 425 g/mol. The maximum Gasteiger partial charge on any atom is 0.246 e. The van der Waals surface area contributed by atoms with E-state index in [4.69, 9.17) is 14.2 Å². The van der Waals surface area contributed by atoms with Gasteiger partial charge in [0, 0.05) is 49.9 Å². The average Bonchev–Trinajstić information content (AvgIpc) is 3.11. The van der Waals surface area contributed by atoms with Gasteiger partial charge in [-0.15, -0.1) is 0 Å². The molecule has 0 aliphatic carbocycles. The molecule has 29 heavy (non-hydrogen) atoms. The number of ether oxygens (including phenoxy) is 3.